The molecule has 1 radical (unpaired) electrons. The van der Waals surface area contributed by atoms with Crippen molar-refractivity contribution >= 4 is 9.84 Å². The van der Waals surface area contributed by atoms with Crippen LogP contribution in [0.2, 0.25) is 0 Å². The largest absolute Gasteiger partial charge is 0.326 e. The van der Waals surface area contributed by atoms with Gasteiger partial charge < -0.3 is 10.6 Å². The molecule has 4 nitrogen and oxygen atoms in total. The van der Waals surface area contributed by atoms with E-state index in [1.165, 1.54) is 12.8 Å². The maximum absolute atomic E-state index is 13.0. The van der Waals surface area contributed by atoms with Gasteiger partial charge in [0.1, 0.15) is 0 Å². The van der Waals surface area contributed by atoms with E-state index in [0.717, 1.165) is 44.3 Å². The number of likely N-dealkylation sites (tertiary alicyclic amines) is 1. The predicted octanol–water partition coefficient (Wildman–Crippen LogP) is 2.53. The van der Waals surface area contributed by atoms with Gasteiger partial charge >= 0.3 is 0 Å². The van der Waals surface area contributed by atoms with Gasteiger partial charge in [-0.2, -0.15) is 0 Å². The normalized spacial score (nSPS) is 27.0. The third-order valence-electron chi connectivity index (χ3n) is 5.23. The maximum Gasteiger partial charge on any atom is 0.181 e. The Morgan fingerprint density at radius 1 is 1.22 bits per heavy atom. The molecule has 1 aliphatic carbocycles. The Morgan fingerprint density at radius 3 is 2.83 bits per heavy atom. The number of benzene rings is 1. The van der Waals surface area contributed by atoms with Gasteiger partial charge in [0.25, 0.3) is 0 Å². The summed E-state index contributed by atoms with van der Waals surface area (Å²) in [5.74, 6) is 0. The highest BCUT2D eigenvalue weighted by Gasteiger charge is 2.35. The van der Waals surface area contributed by atoms with Gasteiger partial charge in [0.2, 0.25) is 0 Å². The molecule has 0 amide bonds. The first-order valence-corrected chi connectivity index (χ1v) is 10.2. The van der Waals surface area contributed by atoms with Gasteiger partial charge in [-0.3, -0.25) is 0 Å². The average Bonchev–Trinajstić information content (AvgIpc) is 2.62. The quantitative estimate of drug-likeness (QED) is 0.918. The zero-order chi connectivity index (χ0) is 16.3. The number of nitrogens with zero attached hydrogens (tertiary/aromatic N) is 1. The van der Waals surface area contributed by atoms with Gasteiger partial charge in [-0.1, -0.05) is 18.6 Å². The molecule has 0 aromatic heterocycles. The van der Waals surface area contributed by atoms with E-state index in [0.29, 0.717) is 17.5 Å². The second-order valence-electron chi connectivity index (χ2n) is 6.76. The Bertz CT molecular complexity index is 624. The van der Waals surface area contributed by atoms with Crippen molar-refractivity contribution in [1.82, 2.24) is 4.90 Å². The molecule has 0 spiro atoms. The van der Waals surface area contributed by atoms with Crippen molar-refractivity contribution in [3.63, 3.8) is 0 Å². The third-order valence-corrected chi connectivity index (χ3v) is 7.45. The lowest BCUT2D eigenvalue weighted by atomic mass is 9.92. The van der Waals surface area contributed by atoms with Crippen molar-refractivity contribution in [2.45, 2.75) is 61.3 Å². The van der Waals surface area contributed by atoms with Gasteiger partial charge in [0, 0.05) is 19.1 Å². The van der Waals surface area contributed by atoms with Crippen molar-refractivity contribution in [1.29, 1.82) is 0 Å². The van der Waals surface area contributed by atoms with Crippen molar-refractivity contribution in [3.05, 3.63) is 36.2 Å². The lowest BCUT2D eigenvalue weighted by molar-refractivity contribution is 0.151. The second-order valence-corrected chi connectivity index (χ2v) is 8.99. The molecule has 0 bridgehead atoms. The Morgan fingerprint density at radius 2 is 2.09 bits per heavy atom. The molecule has 2 N–H and O–H groups in total. The summed E-state index contributed by atoms with van der Waals surface area (Å²) in [7, 11) is -3.26. The molecule has 1 aliphatic heterocycles. The van der Waals surface area contributed by atoms with Crippen LogP contribution in [0.4, 0.5) is 0 Å². The van der Waals surface area contributed by atoms with E-state index in [9.17, 15) is 8.42 Å². The zero-order valence-electron chi connectivity index (χ0n) is 13.7. The van der Waals surface area contributed by atoms with Crippen molar-refractivity contribution in [3.8, 4) is 0 Å². The fourth-order valence-corrected chi connectivity index (χ4v) is 5.82. The number of hydrogen-bond donors (Lipinski definition) is 1. The van der Waals surface area contributed by atoms with Gasteiger partial charge in [0.15, 0.2) is 9.84 Å². The maximum atomic E-state index is 13.0. The predicted molar refractivity (Wildman–Crippen MR) is 92.7 cm³/mol. The first kappa shape index (κ1) is 16.9. The highest BCUT2D eigenvalue weighted by Crippen LogP contribution is 2.32. The average molecular weight is 335 g/mol. The van der Waals surface area contributed by atoms with E-state index in [1.54, 1.807) is 18.2 Å². The van der Waals surface area contributed by atoms with E-state index >= 15 is 0 Å². The molecule has 2 aliphatic rings. The smallest absolute Gasteiger partial charge is 0.181 e. The molecular weight excluding hydrogens is 308 g/mol. The number of rotatable bonds is 4. The van der Waals surface area contributed by atoms with Crippen molar-refractivity contribution < 1.29 is 8.42 Å². The molecular formula is C18H27N2O2S. The molecule has 1 saturated heterocycles. The molecule has 1 saturated carbocycles. The zero-order valence-corrected chi connectivity index (χ0v) is 14.5. The summed E-state index contributed by atoms with van der Waals surface area (Å²) < 4.78 is 26.0. The van der Waals surface area contributed by atoms with Crippen LogP contribution in [0.5, 0.6) is 0 Å². The van der Waals surface area contributed by atoms with Crippen LogP contribution in [0.25, 0.3) is 0 Å². The fraction of sp³-hybridized carbons (Fsp3) is 0.611. The minimum atomic E-state index is -3.26. The Hall–Kier alpha value is -0.910. The topological polar surface area (TPSA) is 63.4 Å². The standard InChI is InChI=1S/C18H27N2O2S/c19-14-15-6-4-8-17(12-15)23(21,22)18-9-5-7-16(13-18)20-10-2-1-3-11-20/h2,4,6,8,12,16,18H,1,3,5,7,9-11,13-14,19H2/t16?,18-/m1/s1. The van der Waals surface area contributed by atoms with Crippen LogP contribution in [0, 0.1) is 6.42 Å². The van der Waals surface area contributed by atoms with Gasteiger partial charge in [-0.05, 0) is 62.8 Å². The SMILES string of the molecule is NCc1cccc(S(=O)(=O)[C@@H]2CCCC(N3C[CH]CCC3)C2)c1. The molecule has 23 heavy (non-hydrogen) atoms. The van der Waals surface area contributed by atoms with Gasteiger partial charge in [-0.25, -0.2) is 8.42 Å². The highest BCUT2D eigenvalue weighted by atomic mass is 32.2. The molecule has 1 unspecified atom stereocenters. The lowest BCUT2D eigenvalue weighted by Gasteiger charge is -2.39. The number of hydrogen-bond acceptors (Lipinski definition) is 4. The van der Waals surface area contributed by atoms with Crippen LogP contribution in [0.1, 0.15) is 44.1 Å². The molecule has 1 heterocycles. The van der Waals surface area contributed by atoms with Crippen LogP contribution >= 0.6 is 0 Å². The van der Waals surface area contributed by atoms with Crippen LogP contribution in [-0.4, -0.2) is 37.7 Å². The summed E-state index contributed by atoms with van der Waals surface area (Å²) >= 11 is 0. The minimum Gasteiger partial charge on any atom is -0.326 e. The van der Waals surface area contributed by atoms with Crippen molar-refractivity contribution in [2.24, 2.45) is 5.73 Å². The summed E-state index contributed by atoms with van der Waals surface area (Å²) in [5.41, 5.74) is 6.53. The third kappa shape index (κ3) is 3.78. The first-order chi connectivity index (χ1) is 11.1. The van der Waals surface area contributed by atoms with Crippen LogP contribution in [-0.2, 0) is 16.4 Å². The summed E-state index contributed by atoms with van der Waals surface area (Å²) in [6, 6.07) is 7.56. The van der Waals surface area contributed by atoms with E-state index in [4.69, 9.17) is 5.73 Å². The number of piperidine rings is 1. The number of nitrogens with two attached hydrogens (primary N) is 1. The monoisotopic (exact) mass is 335 g/mol. The molecule has 3 rings (SSSR count). The number of sulfone groups is 1. The van der Waals surface area contributed by atoms with Crippen LogP contribution < -0.4 is 5.73 Å². The Labute approximate surface area is 140 Å². The van der Waals surface area contributed by atoms with E-state index < -0.39 is 9.84 Å². The summed E-state index contributed by atoms with van der Waals surface area (Å²) in [6.07, 6.45) is 8.40. The Kier molecular flexibility index (Phi) is 5.39. The van der Waals surface area contributed by atoms with E-state index in [-0.39, 0.29) is 5.25 Å². The minimum absolute atomic E-state index is 0.254. The lowest BCUT2D eigenvalue weighted by Crippen LogP contribution is -2.44. The highest BCUT2D eigenvalue weighted by molar-refractivity contribution is 7.92. The Balaban J connectivity index is 1.76. The van der Waals surface area contributed by atoms with E-state index in [1.807, 2.05) is 6.07 Å². The van der Waals surface area contributed by atoms with Crippen molar-refractivity contribution in [2.75, 3.05) is 13.1 Å². The van der Waals surface area contributed by atoms with Gasteiger partial charge in [0.05, 0.1) is 10.1 Å². The summed E-state index contributed by atoms with van der Waals surface area (Å²) in [5, 5.41) is -0.254. The van der Waals surface area contributed by atoms with E-state index in [2.05, 4.69) is 11.3 Å². The summed E-state index contributed by atoms with van der Waals surface area (Å²) in [6.45, 7) is 2.50. The first-order valence-electron chi connectivity index (χ1n) is 8.70. The van der Waals surface area contributed by atoms with Crippen LogP contribution in [0.15, 0.2) is 29.2 Å². The molecule has 2 fully saturated rings. The molecule has 5 heteroatoms. The second kappa shape index (κ2) is 7.32. The molecule has 127 valence electrons. The fourth-order valence-electron chi connectivity index (χ4n) is 3.89. The molecule has 1 aromatic carbocycles. The summed E-state index contributed by atoms with van der Waals surface area (Å²) in [4.78, 5) is 2.91. The molecule has 2 atom stereocenters. The van der Waals surface area contributed by atoms with Crippen LogP contribution in [0.3, 0.4) is 0 Å². The van der Waals surface area contributed by atoms with Gasteiger partial charge in [-0.15, -0.1) is 0 Å². The molecule has 1 aromatic rings.